The first-order valence-electron chi connectivity index (χ1n) is 5.47. The summed E-state index contributed by atoms with van der Waals surface area (Å²) in [4.78, 5) is 13.3. The van der Waals surface area contributed by atoms with Gasteiger partial charge in [0.1, 0.15) is 0 Å². The van der Waals surface area contributed by atoms with Crippen LogP contribution in [0.1, 0.15) is 26.7 Å². The van der Waals surface area contributed by atoms with E-state index < -0.39 is 9.84 Å². The first kappa shape index (κ1) is 13.4. The number of sulfone groups is 1. The Bertz CT molecular complexity index is 343. The van der Waals surface area contributed by atoms with E-state index in [1.54, 1.807) is 4.90 Å². The van der Waals surface area contributed by atoms with Gasteiger partial charge in [0.05, 0.1) is 11.5 Å². The fourth-order valence-corrected chi connectivity index (χ4v) is 2.75. The topological polar surface area (TPSA) is 80.5 Å². The van der Waals surface area contributed by atoms with Crippen LogP contribution in [0, 0.1) is 0 Å². The lowest BCUT2D eigenvalue weighted by atomic mass is 10.00. The predicted octanol–water partition coefficient (Wildman–Crippen LogP) is -0.239. The van der Waals surface area contributed by atoms with Gasteiger partial charge in [-0.1, -0.05) is 0 Å². The Labute approximate surface area is 96.9 Å². The van der Waals surface area contributed by atoms with E-state index in [-0.39, 0.29) is 23.0 Å². The van der Waals surface area contributed by atoms with Crippen LogP contribution in [-0.4, -0.2) is 49.4 Å². The highest BCUT2D eigenvalue weighted by Crippen LogP contribution is 2.11. The second-order valence-corrected chi connectivity index (χ2v) is 7.32. The molecular formula is C10H20N2O3S. The highest BCUT2D eigenvalue weighted by Gasteiger charge is 2.25. The Hall–Kier alpha value is -0.620. The third-order valence-corrected chi connectivity index (χ3v) is 4.29. The normalized spacial score (nSPS) is 20.8. The monoisotopic (exact) mass is 248 g/mol. The lowest BCUT2D eigenvalue weighted by Gasteiger charge is -2.28. The van der Waals surface area contributed by atoms with Crippen LogP contribution in [0.25, 0.3) is 0 Å². The van der Waals surface area contributed by atoms with Gasteiger partial charge >= 0.3 is 0 Å². The minimum Gasteiger partial charge on any atom is -0.341 e. The third-order valence-electron chi connectivity index (χ3n) is 2.68. The van der Waals surface area contributed by atoms with Crippen LogP contribution in [-0.2, 0) is 14.6 Å². The number of carbonyl (C=O) groups is 1. The largest absolute Gasteiger partial charge is 0.341 e. The number of nitrogens with zero attached hydrogens (tertiary/aromatic N) is 1. The van der Waals surface area contributed by atoms with E-state index in [0.29, 0.717) is 25.9 Å². The van der Waals surface area contributed by atoms with Crippen molar-refractivity contribution in [2.45, 2.75) is 32.2 Å². The number of rotatable bonds is 3. The third kappa shape index (κ3) is 4.49. The van der Waals surface area contributed by atoms with Crippen molar-refractivity contribution in [3.05, 3.63) is 0 Å². The molecule has 1 aliphatic heterocycles. The molecule has 0 unspecified atom stereocenters. The van der Waals surface area contributed by atoms with Crippen LogP contribution in [0.4, 0.5) is 0 Å². The molecule has 5 nitrogen and oxygen atoms in total. The molecule has 6 heteroatoms. The van der Waals surface area contributed by atoms with Crippen molar-refractivity contribution in [2.75, 3.05) is 24.6 Å². The maximum atomic E-state index is 11.7. The maximum absolute atomic E-state index is 11.7. The molecule has 1 heterocycles. The molecule has 1 fully saturated rings. The van der Waals surface area contributed by atoms with Gasteiger partial charge in [-0.15, -0.1) is 0 Å². The van der Waals surface area contributed by atoms with E-state index in [4.69, 9.17) is 5.73 Å². The Morgan fingerprint density at radius 1 is 1.31 bits per heavy atom. The summed E-state index contributed by atoms with van der Waals surface area (Å²) < 4.78 is 22.4. The van der Waals surface area contributed by atoms with Gasteiger partial charge in [0.25, 0.3) is 0 Å². The average molecular weight is 248 g/mol. The molecular weight excluding hydrogens is 228 g/mol. The Morgan fingerprint density at radius 3 is 2.25 bits per heavy atom. The standard InChI is InChI=1S/C10H20N2O3S/c1-10(2,11)4-3-9(13)12-5-7-16(14,15)8-6-12/h3-8,11H2,1-2H3. The molecule has 1 aliphatic rings. The zero-order chi connectivity index (χ0) is 12.4. The summed E-state index contributed by atoms with van der Waals surface area (Å²) in [6.45, 7) is 4.40. The highest BCUT2D eigenvalue weighted by atomic mass is 32.2. The van der Waals surface area contributed by atoms with Gasteiger partial charge in [-0.2, -0.15) is 0 Å². The summed E-state index contributed by atoms with van der Waals surface area (Å²) >= 11 is 0. The summed E-state index contributed by atoms with van der Waals surface area (Å²) in [7, 11) is -2.91. The fourth-order valence-electron chi connectivity index (χ4n) is 1.55. The van der Waals surface area contributed by atoms with Gasteiger partial charge in [-0.05, 0) is 20.3 Å². The van der Waals surface area contributed by atoms with E-state index in [1.165, 1.54) is 0 Å². The number of amides is 1. The molecule has 1 rings (SSSR count). The molecule has 2 N–H and O–H groups in total. The van der Waals surface area contributed by atoms with Crippen LogP contribution in [0.2, 0.25) is 0 Å². The first-order valence-corrected chi connectivity index (χ1v) is 7.29. The van der Waals surface area contributed by atoms with Crippen molar-refractivity contribution < 1.29 is 13.2 Å². The van der Waals surface area contributed by atoms with Gasteiger partial charge in [0, 0.05) is 25.0 Å². The molecule has 94 valence electrons. The summed E-state index contributed by atoms with van der Waals surface area (Å²) in [6, 6.07) is 0. The molecule has 0 aromatic carbocycles. The molecule has 1 saturated heterocycles. The van der Waals surface area contributed by atoms with Crippen molar-refractivity contribution in [2.24, 2.45) is 5.73 Å². The van der Waals surface area contributed by atoms with E-state index in [1.807, 2.05) is 13.8 Å². The van der Waals surface area contributed by atoms with Crippen LogP contribution in [0.5, 0.6) is 0 Å². The predicted molar refractivity (Wildman–Crippen MR) is 62.7 cm³/mol. The Kier molecular flexibility index (Phi) is 3.96. The number of carbonyl (C=O) groups excluding carboxylic acids is 1. The van der Waals surface area contributed by atoms with Crippen molar-refractivity contribution in [1.29, 1.82) is 0 Å². The van der Waals surface area contributed by atoms with Crippen LogP contribution in [0.3, 0.4) is 0 Å². The van der Waals surface area contributed by atoms with Crippen molar-refractivity contribution in [3.63, 3.8) is 0 Å². The maximum Gasteiger partial charge on any atom is 0.222 e. The summed E-state index contributed by atoms with van der Waals surface area (Å²) in [6.07, 6.45) is 1.01. The van der Waals surface area contributed by atoms with Crippen molar-refractivity contribution in [1.82, 2.24) is 4.90 Å². The fraction of sp³-hybridized carbons (Fsp3) is 0.900. The molecule has 0 saturated carbocycles. The average Bonchev–Trinajstić information content (AvgIpc) is 2.13. The van der Waals surface area contributed by atoms with Gasteiger partial charge in [0.15, 0.2) is 9.84 Å². The van der Waals surface area contributed by atoms with Gasteiger partial charge < -0.3 is 10.6 Å². The molecule has 0 aromatic heterocycles. The molecule has 16 heavy (non-hydrogen) atoms. The lowest BCUT2D eigenvalue weighted by Crippen LogP contribution is -2.44. The molecule has 0 radical (unpaired) electrons. The molecule has 0 aromatic rings. The van der Waals surface area contributed by atoms with Crippen LogP contribution < -0.4 is 5.73 Å². The van der Waals surface area contributed by atoms with E-state index in [0.717, 1.165) is 0 Å². The molecule has 0 spiro atoms. The first-order chi connectivity index (χ1) is 7.20. The minimum atomic E-state index is -2.91. The summed E-state index contributed by atoms with van der Waals surface area (Å²) in [5, 5.41) is 0. The number of nitrogens with two attached hydrogens (primary N) is 1. The lowest BCUT2D eigenvalue weighted by molar-refractivity contribution is -0.131. The zero-order valence-corrected chi connectivity index (χ0v) is 10.7. The molecule has 0 aliphatic carbocycles. The smallest absolute Gasteiger partial charge is 0.222 e. The van der Waals surface area contributed by atoms with Gasteiger partial charge in [-0.25, -0.2) is 8.42 Å². The van der Waals surface area contributed by atoms with Gasteiger partial charge in [-0.3, -0.25) is 4.79 Å². The molecule has 0 atom stereocenters. The second kappa shape index (κ2) is 4.71. The van der Waals surface area contributed by atoms with Gasteiger partial charge in [0.2, 0.25) is 5.91 Å². The van der Waals surface area contributed by atoms with Crippen molar-refractivity contribution in [3.8, 4) is 0 Å². The van der Waals surface area contributed by atoms with E-state index in [2.05, 4.69) is 0 Å². The number of hydrogen-bond donors (Lipinski definition) is 1. The number of hydrogen-bond acceptors (Lipinski definition) is 4. The Balaban J connectivity index is 2.40. The molecule has 1 amide bonds. The Morgan fingerprint density at radius 2 is 1.81 bits per heavy atom. The highest BCUT2D eigenvalue weighted by molar-refractivity contribution is 7.91. The second-order valence-electron chi connectivity index (χ2n) is 5.02. The minimum absolute atomic E-state index is 0.00780. The van der Waals surface area contributed by atoms with Crippen LogP contribution in [0.15, 0.2) is 0 Å². The zero-order valence-electron chi connectivity index (χ0n) is 9.90. The summed E-state index contributed by atoms with van der Waals surface area (Å²) in [5.41, 5.74) is 5.44. The SMILES string of the molecule is CC(C)(N)CCC(=O)N1CCS(=O)(=O)CC1. The van der Waals surface area contributed by atoms with E-state index in [9.17, 15) is 13.2 Å². The quantitative estimate of drug-likeness (QED) is 0.747. The van der Waals surface area contributed by atoms with Crippen molar-refractivity contribution >= 4 is 15.7 Å². The van der Waals surface area contributed by atoms with E-state index >= 15 is 0 Å². The summed E-state index contributed by atoms with van der Waals surface area (Å²) in [5.74, 6) is 0.184. The molecule has 0 bridgehead atoms. The van der Waals surface area contributed by atoms with Crippen LogP contribution >= 0.6 is 0 Å².